The van der Waals surface area contributed by atoms with Crippen molar-refractivity contribution in [3.8, 4) is 0 Å². The average Bonchev–Trinajstić information content (AvgIpc) is 3.10. The summed E-state index contributed by atoms with van der Waals surface area (Å²) in [6.07, 6.45) is 4.98. The molecular weight excluding hydrogens is 342 g/mol. The first-order valence-electron chi connectivity index (χ1n) is 9.24. The smallest absolute Gasteiger partial charge is 0.339 e. The normalized spacial score (nSPS) is 21.4. The Kier molecular flexibility index (Phi) is 3.77. The Labute approximate surface area is 156 Å². The van der Waals surface area contributed by atoms with Crippen molar-refractivity contribution in [2.24, 2.45) is 0 Å². The SMILES string of the molecule is COC(=O)c1cncc2c1CC1c3[nH]c4ccccc4c3CCN1C2CO. The summed E-state index contributed by atoms with van der Waals surface area (Å²) in [5.41, 5.74) is 6.04. The van der Waals surface area contributed by atoms with Crippen LogP contribution in [0.5, 0.6) is 0 Å². The zero-order valence-electron chi connectivity index (χ0n) is 15.1. The molecule has 0 amide bonds. The maximum absolute atomic E-state index is 12.3. The van der Waals surface area contributed by atoms with Gasteiger partial charge in [-0.2, -0.15) is 0 Å². The maximum atomic E-state index is 12.3. The second-order valence-electron chi connectivity index (χ2n) is 7.22. The van der Waals surface area contributed by atoms with Crippen LogP contribution in [-0.4, -0.2) is 46.2 Å². The van der Waals surface area contributed by atoms with Crippen molar-refractivity contribution in [1.82, 2.24) is 14.9 Å². The Morgan fingerprint density at radius 1 is 1.33 bits per heavy atom. The highest BCUT2D eigenvalue weighted by Crippen LogP contribution is 2.45. The second-order valence-corrected chi connectivity index (χ2v) is 7.22. The number of methoxy groups -OCH3 is 1. The van der Waals surface area contributed by atoms with Gasteiger partial charge in [0, 0.05) is 35.5 Å². The van der Waals surface area contributed by atoms with Crippen LogP contribution in [-0.2, 0) is 17.6 Å². The van der Waals surface area contributed by atoms with E-state index in [0.717, 1.165) is 29.6 Å². The minimum Gasteiger partial charge on any atom is -0.465 e. The first-order valence-corrected chi connectivity index (χ1v) is 9.24. The molecule has 138 valence electrons. The van der Waals surface area contributed by atoms with E-state index in [2.05, 4.69) is 33.1 Å². The highest BCUT2D eigenvalue weighted by Gasteiger charge is 2.41. The summed E-state index contributed by atoms with van der Waals surface area (Å²) < 4.78 is 4.96. The van der Waals surface area contributed by atoms with E-state index in [4.69, 9.17) is 4.74 Å². The molecule has 6 nitrogen and oxygen atoms in total. The molecule has 2 unspecified atom stereocenters. The molecule has 4 heterocycles. The van der Waals surface area contributed by atoms with E-state index in [1.54, 1.807) is 12.4 Å². The summed E-state index contributed by atoms with van der Waals surface area (Å²) >= 11 is 0. The lowest BCUT2D eigenvalue weighted by Gasteiger charge is -2.45. The van der Waals surface area contributed by atoms with Gasteiger partial charge in [-0.05, 0) is 35.6 Å². The molecule has 2 aliphatic heterocycles. The van der Waals surface area contributed by atoms with Crippen molar-refractivity contribution in [1.29, 1.82) is 0 Å². The number of carbonyl (C=O) groups excluding carboxylic acids is 1. The summed E-state index contributed by atoms with van der Waals surface area (Å²) in [4.78, 5) is 22.5. The molecule has 0 radical (unpaired) electrons. The van der Waals surface area contributed by atoms with Gasteiger partial charge >= 0.3 is 5.97 Å². The Balaban J connectivity index is 1.68. The van der Waals surface area contributed by atoms with Crippen LogP contribution in [0.2, 0.25) is 0 Å². The topological polar surface area (TPSA) is 78.5 Å². The number of esters is 1. The largest absolute Gasteiger partial charge is 0.465 e. The predicted molar refractivity (Wildman–Crippen MR) is 101 cm³/mol. The zero-order valence-corrected chi connectivity index (χ0v) is 15.1. The number of hydrogen-bond acceptors (Lipinski definition) is 5. The lowest BCUT2D eigenvalue weighted by molar-refractivity contribution is 0.0553. The number of ether oxygens (including phenoxy) is 1. The molecule has 0 saturated carbocycles. The van der Waals surface area contributed by atoms with Gasteiger partial charge in [-0.15, -0.1) is 0 Å². The number of aromatic amines is 1. The summed E-state index contributed by atoms with van der Waals surface area (Å²) in [6.45, 7) is 0.859. The number of carbonyl (C=O) groups is 1. The van der Waals surface area contributed by atoms with Gasteiger partial charge in [0.25, 0.3) is 0 Å². The van der Waals surface area contributed by atoms with Crippen LogP contribution >= 0.6 is 0 Å². The molecule has 0 fully saturated rings. The van der Waals surface area contributed by atoms with Crippen LogP contribution < -0.4 is 0 Å². The number of nitrogens with zero attached hydrogens (tertiary/aromatic N) is 2. The van der Waals surface area contributed by atoms with Crippen LogP contribution in [0.3, 0.4) is 0 Å². The lowest BCUT2D eigenvalue weighted by atomic mass is 9.82. The fourth-order valence-corrected chi connectivity index (χ4v) is 4.81. The van der Waals surface area contributed by atoms with Gasteiger partial charge in [-0.1, -0.05) is 18.2 Å². The molecule has 6 heteroatoms. The van der Waals surface area contributed by atoms with Gasteiger partial charge < -0.3 is 14.8 Å². The van der Waals surface area contributed by atoms with Crippen molar-refractivity contribution in [2.75, 3.05) is 20.3 Å². The molecule has 0 aliphatic carbocycles. The van der Waals surface area contributed by atoms with Gasteiger partial charge in [0.2, 0.25) is 0 Å². The molecule has 27 heavy (non-hydrogen) atoms. The number of H-pyrrole nitrogens is 1. The molecular formula is C21H21N3O3. The van der Waals surface area contributed by atoms with E-state index >= 15 is 0 Å². The third-order valence-electron chi connectivity index (χ3n) is 6.03. The summed E-state index contributed by atoms with van der Waals surface area (Å²) in [6, 6.07) is 8.28. The first kappa shape index (κ1) is 16.5. The fourth-order valence-electron chi connectivity index (χ4n) is 4.81. The summed E-state index contributed by atoms with van der Waals surface area (Å²) in [7, 11) is 1.39. The maximum Gasteiger partial charge on any atom is 0.339 e. The van der Waals surface area contributed by atoms with Crippen molar-refractivity contribution >= 4 is 16.9 Å². The fraction of sp³-hybridized carbons (Fsp3) is 0.333. The molecule has 2 aliphatic rings. The number of fused-ring (bicyclic) bond motifs is 6. The number of nitrogens with one attached hydrogen (secondary N) is 1. The molecule has 2 atom stereocenters. The first-order chi connectivity index (χ1) is 13.2. The Morgan fingerprint density at radius 2 is 2.19 bits per heavy atom. The summed E-state index contributed by atoms with van der Waals surface area (Å²) in [5.74, 6) is -0.378. The number of aromatic nitrogens is 2. The molecule has 1 aromatic carbocycles. The summed E-state index contributed by atoms with van der Waals surface area (Å²) in [5, 5.41) is 11.4. The molecule has 2 aromatic heterocycles. The van der Waals surface area contributed by atoms with Crippen molar-refractivity contribution in [2.45, 2.75) is 24.9 Å². The van der Waals surface area contributed by atoms with E-state index in [9.17, 15) is 9.90 Å². The van der Waals surface area contributed by atoms with E-state index in [1.807, 2.05) is 6.07 Å². The number of aliphatic hydroxyl groups is 1. The molecule has 0 bridgehead atoms. The standard InChI is InChI=1S/C21H21N3O3/c1-27-21(26)16-10-22-9-15-14(16)8-18-20-13(6-7-24(18)19(15)11-25)12-4-2-3-5-17(12)23-20/h2-5,9-10,18-19,23,25H,6-8,11H2,1H3. The number of rotatable bonds is 2. The van der Waals surface area contributed by atoms with E-state index in [-0.39, 0.29) is 24.7 Å². The van der Waals surface area contributed by atoms with Crippen LogP contribution in [0.15, 0.2) is 36.7 Å². The van der Waals surface area contributed by atoms with Crippen LogP contribution in [0.25, 0.3) is 10.9 Å². The van der Waals surface area contributed by atoms with Crippen LogP contribution in [0.1, 0.15) is 44.8 Å². The Bertz CT molecular complexity index is 1040. The van der Waals surface area contributed by atoms with Gasteiger partial charge in [-0.25, -0.2) is 4.79 Å². The average molecular weight is 363 g/mol. The second kappa shape index (κ2) is 6.18. The van der Waals surface area contributed by atoms with E-state index in [1.165, 1.54) is 23.8 Å². The lowest BCUT2D eigenvalue weighted by Crippen LogP contribution is -2.44. The zero-order chi connectivity index (χ0) is 18.5. The monoisotopic (exact) mass is 363 g/mol. The van der Waals surface area contributed by atoms with Gasteiger partial charge in [0.1, 0.15) is 0 Å². The number of aliphatic hydroxyl groups excluding tert-OH is 1. The van der Waals surface area contributed by atoms with Crippen molar-refractivity contribution < 1.29 is 14.6 Å². The number of pyridine rings is 1. The molecule has 5 rings (SSSR count). The van der Waals surface area contributed by atoms with Crippen LogP contribution in [0.4, 0.5) is 0 Å². The van der Waals surface area contributed by atoms with Crippen molar-refractivity contribution in [3.63, 3.8) is 0 Å². The van der Waals surface area contributed by atoms with Gasteiger partial charge in [0.15, 0.2) is 0 Å². The molecule has 0 spiro atoms. The quantitative estimate of drug-likeness (QED) is 0.684. The molecule has 3 aromatic rings. The third kappa shape index (κ3) is 2.33. The van der Waals surface area contributed by atoms with E-state index < -0.39 is 0 Å². The Hall–Kier alpha value is -2.70. The Morgan fingerprint density at radius 3 is 3.00 bits per heavy atom. The highest BCUT2D eigenvalue weighted by atomic mass is 16.5. The van der Waals surface area contributed by atoms with E-state index in [0.29, 0.717) is 12.0 Å². The minimum atomic E-state index is -0.378. The van der Waals surface area contributed by atoms with Gasteiger partial charge in [-0.3, -0.25) is 9.88 Å². The highest BCUT2D eigenvalue weighted by molar-refractivity contribution is 5.91. The number of benzene rings is 1. The van der Waals surface area contributed by atoms with Crippen LogP contribution in [0, 0.1) is 0 Å². The number of para-hydroxylation sites is 1. The van der Waals surface area contributed by atoms with Crippen molar-refractivity contribution in [3.05, 3.63) is 64.6 Å². The molecule has 0 saturated heterocycles. The number of hydrogen-bond donors (Lipinski definition) is 2. The third-order valence-corrected chi connectivity index (χ3v) is 6.03. The predicted octanol–water partition coefficient (Wildman–Crippen LogP) is 2.54. The van der Waals surface area contributed by atoms with Gasteiger partial charge in [0.05, 0.1) is 31.4 Å². The minimum absolute atomic E-state index is 0.00856. The molecule has 2 N–H and O–H groups in total.